The molecule has 1 atom stereocenters. The minimum atomic E-state index is -4.99. The average Bonchev–Trinajstić information content (AvgIpc) is 2.61. The number of carbonyl (C=O) groups excluding carboxylic acids is 2. The number of anilines is 1. The summed E-state index contributed by atoms with van der Waals surface area (Å²) < 4.78 is 68.5. The Morgan fingerprint density at radius 1 is 1.33 bits per heavy atom. The summed E-state index contributed by atoms with van der Waals surface area (Å²) in [6, 6.07) is 2.61. The summed E-state index contributed by atoms with van der Waals surface area (Å²) in [4.78, 5) is 28.9. The van der Waals surface area contributed by atoms with E-state index in [2.05, 4.69) is 20.4 Å². The first-order valence-corrected chi connectivity index (χ1v) is 8.57. The van der Waals surface area contributed by atoms with Gasteiger partial charge in [-0.25, -0.2) is 18.6 Å². The number of amides is 3. The smallest absolute Gasteiger partial charge is 0.387 e. The Morgan fingerprint density at radius 2 is 2.07 bits per heavy atom. The second-order valence-electron chi connectivity index (χ2n) is 6.43. The summed E-state index contributed by atoms with van der Waals surface area (Å²) in [7, 11) is 0. The normalized spacial score (nSPS) is 14.6. The first-order valence-electron chi connectivity index (χ1n) is 8.57. The van der Waals surface area contributed by atoms with Gasteiger partial charge in [0.1, 0.15) is 18.2 Å². The quantitative estimate of drug-likeness (QED) is 0.712. The summed E-state index contributed by atoms with van der Waals surface area (Å²) in [5.41, 5.74) is 0.0516. The molecule has 2 aromatic rings. The van der Waals surface area contributed by atoms with Gasteiger partial charge in [0.25, 0.3) is 0 Å². The third-order valence-corrected chi connectivity index (χ3v) is 4.25. The van der Waals surface area contributed by atoms with E-state index in [0.717, 1.165) is 17.2 Å². The number of halogens is 5. The van der Waals surface area contributed by atoms with E-state index >= 15 is 0 Å². The average molecular weight is 430 g/mol. The summed E-state index contributed by atoms with van der Waals surface area (Å²) in [5.74, 6) is -3.07. The molecule has 1 aliphatic rings. The summed E-state index contributed by atoms with van der Waals surface area (Å²) in [5, 5.41) is 4.81. The first-order chi connectivity index (χ1) is 14.0. The zero-order chi connectivity index (χ0) is 22.1. The number of aromatic nitrogens is 1. The van der Waals surface area contributed by atoms with Crippen molar-refractivity contribution in [3.63, 3.8) is 0 Å². The zero-order valence-electron chi connectivity index (χ0n) is 15.4. The molecule has 1 aromatic heterocycles. The highest BCUT2D eigenvalue weighted by Crippen LogP contribution is 2.32. The number of hydrogen-bond acceptors (Lipinski definition) is 4. The van der Waals surface area contributed by atoms with E-state index in [0.29, 0.717) is 6.07 Å². The van der Waals surface area contributed by atoms with Gasteiger partial charge >= 0.3 is 12.4 Å². The van der Waals surface area contributed by atoms with E-state index in [-0.39, 0.29) is 23.4 Å². The topological polar surface area (TPSA) is 83.6 Å². The maximum atomic E-state index is 13.8. The minimum Gasteiger partial charge on any atom is -0.387 e. The van der Waals surface area contributed by atoms with Crippen LogP contribution >= 0.6 is 0 Å². The minimum absolute atomic E-state index is 0.0308. The Morgan fingerprint density at radius 3 is 2.73 bits per heavy atom. The molecule has 0 unspecified atom stereocenters. The molecule has 0 saturated carbocycles. The van der Waals surface area contributed by atoms with Crippen molar-refractivity contribution in [2.24, 2.45) is 0 Å². The van der Waals surface area contributed by atoms with Gasteiger partial charge in [-0.1, -0.05) is 6.07 Å². The number of nitrogens with one attached hydrogen (secondary N) is 2. The van der Waals surface area contributed by atoms with Crippen molar-refractivity contribution < 1.29 is 36.3 Å². The Kier molecular flexibility index (Phi) is 5.76. The number of alkyl halides is 3. The molecular formula is C18H15F5N4O3. The van der Waals surface area contributed by atoms with Crippen LogP contribution in [0, 0.1) is 11.6 Å². The molecule has 0 aliphatic carbocycles. The van der Waals surface area contributed by atoms with E-state index in [4.69, 9.17) is 0 Å². The Labute approximate surface area is 166 Å². The van der Waals surface area contributed by atoms with Gasteiger partial charge in [-0.15, -0.1) is 13.2 Å². The van der Waals surface area contributed by atoms with E-state index in [9.17, 15) is 31.5 Å². The highest BCUT2D eigenvalue weighted by molar-refractivity contribution is 5.95. The molecule has 1 aliphatic heterocycles. The van der Waals surface area contributed by atoms with Gasteiger partial charge < -0.3 is 20.3 Å². The number of hydrogen-bond donors (Lipinski definition) is 2. The second kappa shape index (κ2) is 8.13. The number of nitrogens with zero attached hydrogens (tertiary/aromatic N) is 2. The molecule has 0 radical (unpaired) electrons. The largest absolute Gasteiger partial charge is 0.574 e. The number of benzene rings is 1. The molecule has 2 N–H and O–H groups in total. The van der Waals surface area contributed by atoms with Crippen LogP contribution < -0.4 is 15.4 Å². The highest BCUT2D eigenvalue weighted by Gasteiger charge is 2.35. The van der Waals surface area contributed by atoms with Crippen molar-refractivity contribution in [3.8, 4) is 5.88 Å². The standard InChI is InChI=1S/C18H15F5N4O3/c1-9(11-3-2-10(19)6-13(11)20)25-15(28)8-27-7-12-14(26-17(27)29)4-5-24-16(12)30-18(21,22)23/h2-6,9H,7-8H2,1H3,(H,25,28)(H,26,29)/t9-/m0/s1. The molecule has 0 fully saturated rings. The van der Waals surface area contributed by atoms with Gasteiger partial charge in [-0.3, -0.25) is 4.79 Å². The number of urea groups is 1. The van der Waals surface area contributed by atoms with Crippen LogP contribution in [-0.2, 0) is 11.3 Å². The Bertz CT molecular complexity index is 983. The van der Waals surface area contributed by atoms with Crippen molar-refractivity contribution in [2.45, 2.75) is 25.9 Å². The maximum Gasteiger partial charge on any atom is 0.574 e. The highest BCUT2D eigenvalue weighted by atomic mass is 19.4. The fourth-order valence-electron chi connectivity index (χ4n) is 2.92. The third kappa shape index (κ3) is 4.93. The van der Waals surface area contributed by atoms with Crippen LogP contribution in [0.2, 0.25) is 0 Å². The molecule has 30 heavy (non-hydrogen) atoms. The predicted molar refractivity (Wildman–Crippen MR) is 93.3 cm³/mol. The molecular weight excluding hydrogens is 415 g/mol. The molecule has 7 nitrogen and oxygen atoms in total. The fourth-order valence-corrected chi connectivity index (χ4v) is 2.92. The number of ether oxygens (including phenoxy) is 1. The van der Waals surface area contributed by atoms with Crippen molar-refractivity contribution in [1.29, 1.82) is 0 Å². The zero-order valence-corrected chi connectivity index (χ0v) is 15.4. The lowest BCUT2D eigenvalue weighted by atomic mass is 10.1. The Hall–Kier alpha value is -3.44. The van der Waals surface area contributed by atoms with E-state index in [1.807, 2.05) is 0 Å². The van der Waals surface area contributed by atoms with E-state index in [1.54, 1.807) is 0 Å². The fraction of sp³-hybridized carbons (Fsp3) is 0.278. The molecule has 2 heterocycles. The molecule has 0 bridgehead atoms. The van der Waals surface area contributed by atoms with Crippen LogP contribution in [0.5, 0.6) is 5.88 Å². The maximum absolute atomic E-state index is 13.8. The lowest BCUT2D eigenvalue weighted by Crippen LogP contribution is -2.45. The number of pyridine rings is 1. The van der Waals surface area contributed by atoms with E-state index < -0.39 is 48.4 Å². The number of fused-ring (bicyclic) bond motifs is 1. The van der Waals surface area contributed by atoms with Crippen LogP contribution in [0.4, 0.5) is 32.4 Å². The number of carbonyl (C=O) groups is 2. The second-order valence-corrected chi connectivity index (χ2v) is 6.43. The Balaban J connectivity index is 1.70. The molecule has 3 amide bonds. The van der Waals surface area contributed by atoms with Gasteiger partial charge in [0.2, 0.25) is 11.8 Å². The van der Waals surface area contributed by atoms with Crippen molar-refractivity contribution in [2.75, 3.05) is 11.9 Å². The van der Waals surface area contributed by atoms with Gasteiger partial charge in [-0.2, -0.15) is 0 Å². The molecule has 12 heteroatoms. The van der Waals surface area contributed by atoms with Crippen LogP contribution in [0.1, 0.15) is 24.1 Å². The van der Waals surface area contributed by atoms with Crippen LogP contribution in [0.3, 0.4) is 0 Å². The van der Waals surface area contributed by atoms with Gasteiger partial charge in [-0.05, 0) is 19.1 Å². The predicted octanol–water partition coefficient (Wildman–Crippen LogP) is 3.48. The molecule has 1 aromatic carbocycles. The lowest BCUT2D eigenvalue weighted by molar-refractivity contribution is -0.276. The van der Waals surface area contributed by atoms with Crippen molar-refractivity contribution in [1.82, 2.24) is 15.2 Å². The summed E-state index contributed by atoms with van der Waals surface area (Å²) in [6.45, 7) is 0.560. The van der Waals surface area contributed by atoms with Crippen LogP contribution in [0.25, 0.3) is 0 Å². The SMILES string of the molecule is C[C@H](NC(=O)CN1Cc2c(ccnc2OC(F)(F)F)NC1=O)c1ccc(F)cc1F. The molecule has 160 valence electrons. The lowest BCUT2D eigenvalue weighted by Gasteiger charge is -2.30. The molecule has 0 saturated heterocycles. The first kappa shape index (κ1) is 21.3. The van der Waals surface area contributed by atoms with Gasteiger partial charge in [0, 0.05) is 17.8 Å². The third-order valence-electron chi connectivity index (χ3n) is 4.25. The molecule has 3 rings (SSSR count). The van der Waals surface area contributed by atoms with E-state index in [1.165, 1.54) is 19.1 Å². The summed E-state index contributed by atoms with van der Waals surface area (Å²) in [6.07, 6.45) is -3.94. The van der Waals surface area contributed by atoms with Crippen LogP contribution in [0.15, 0.2) is 30.5 Å². The van der Waals surface area contributed by atoms with Gasteiger partial charge in [0.05, 0.1) is 23.8 Å². The van der Waals surface area contributed by atoms with Crippen molar-refractivity contribution >= 4 is 17.6 Å². The summed E-state index contributed by atoms with van der Waals surface area (Å²) >= 11 is 0. The van der Waals surface area contributed by atoms with Gasteiger partial charge in [0.15, 0.2) is 0 Å². The monoisotopic (exact) mass is 430 g/mol. The molecule has 0 spiro atoms. The van der Waals surface area contributed by atoms with Crippen LogP contribution in [-0.4, -0.2) is 34.7 Å². The number of rotatable bonds is 5. The van der Waals surface area contributed by atoms with Crippen molar-refractivity contribution in [3.05, 3.63) is 53.2 Å².